The summed E-state index contributed by atoms with van der Waals surface area (Å²) in [7, 11) is 0. The standard InChI is InChI=1S/C19H19FN2O4/c1-12(23)21-16-8-4-14(5-9-16)19(26)22-17(10-11-18(24)25)13-2-6-15(20)7-3-13/h2-9,17H,10-11H2,1H3,(H,21,23)(H,22,26)(H,24,25). The van der Waals surface area contributed by atoms with Gasteiger partial charge in [-0.15, -0.1) is 0 Å². The Bertz CT molecular complexity index is 788. The highest BCUT2D eigenvalue weighted by molar-refractivity contribution is 5.95. The van der Waals surface area contributed by atoms with Gasteiger partial charge in [0, 0.05) is 24.6 Å². The van der Waals surface area contributed by atoms with E-state index < -0.39 is 17.8 Å². The van der Waals surface area contributed by atoms with E-state index in [0.29, 0.717) is 16.8 Å². The summed E-state index contributed by atoms with van der Waals surface area (Å²) in [6, 6.07) is 11.3. The third kappa shape index (κ3) is 5.70. The lowest BCUT2D eigenvalue weighted by atomic mass is 10.0. The van der Waals surface area contributed by atoms with Crippen molar-refractivity contribution in [3.63, 3.8) is 0 Å². The number of carbonyl (C=O) groups is 3. The molecule has 136 valence electrons. The second kappa shape index (κ2) is 8.75. The molecular formula is C19H19FN2O4. The first-order valence-electron chi connectivity index (χ1n) is 8.01. The number of benzene rings is 2. The van der Waals surface area contributed by atoms with E-state index in [1.54, 1.807) is 24.3 Å². The molecule has 2 amide bonds. The molecule has 2 aromatic rings. The van der Waals surface area contributed by atoms with Crippen LogP contribution in [-0.2, 0) is 9.59 Å². The molecule has 0 heterocycles. The van der Waals surface area contributed by atoms with Gasteiger partial charge in [-0.2, -0.15) is 0 Å². The van der Waals surface area contributed by atoms with Gasteiger partial charge in [0.05, 0.1) is 6.04 Å². The van der Waals surface area contributed by atoms with E-state index in [2.05, 4.69) is 10.6 Å². The molecular weight excluding hydrogens is 339 g/mol. The zero-order valence-corrected chi connectivity index (χ0v) is 14.2. The molecule has 2 rings (SSSR count). The van der Waals surface area contributed by atoms with Crippen LogP contribution in [0, 0.1) is 5.82 Å². The zero-order valence-electron chi connectivity index (χ0n) is 14.2. The number of hydrogen-bond donors (Lipinski definition) is 3. The number of hydrogen-bond acceptors (Lipinski definition) is 3. The van der Waals surface area contributed by atoms with Crippen LogP contribution in [0.15, 0.2) is 48.5 Å². The molecule has 2 aromatic carbocycles. The van der Waals surface area contributed by atoms with Gasteiger partial charge >= 0.3 is 5.97 Å². The third-order valence-corrected chi connectivity index (χ3v) is 3.69. The van der Waals surface area contributed by atoms with Crippen molar-refractivity contribution < 1.29 is 23.9 Å². The van der Waals surface area contributed by atoms with Crippen LogP contribution < -0.4 is 10.6 Å². The number of aliphatic carboxylic acids is 1. The predicted octanol–water partition coefficient (Wildman–Crippen LogP) is 3.12. The molecule has 0 aliphatic rings. The lowest BCUT2D eigenvalue weighted by molar-refractivity contribution is -0.137. The van der Waals surface area contributed by atoms with Crippen LogP contribution in [0.25, 0.3) is 0 Å². The van der Waals surface area contributed by atoms with Gasteiger partial charge in [0.15, 0.2) is 0 Å². The van der Waals surface area contributed by atoms with Gasteiger partial charge in [-0.3, -0.25) is 14.4 Å². The van der Waals surface area contributed by atoms with Crippen molar-refractivity contribution >= 4 is 23.5 Å². The Morgan fingerprint density at radius 1 is 1.04 bits per heavy atom. The summed E-state index contributed by atoms with van der Waals surface area (Å²) >= 11 is 0. The minimum atomic E-state index is -0.981. The van der Waals surface area contributed by atoms with E-state index in [9.17, 15) is 18.8 Å². The van der Waals surface area contributed by atoms with Crippen LogP contribution in [0.5, 0.6) is 0 Å². The average Bonchev–Trinajstić information content (AvgIpc) is 2.59. The first-order chi connectivity index (χ1) is 12.3. The van der Waals surface area contributed by atoms with Crippen molar-refractivity contribution in [1.29, 1.82) is 0 Å². The number of carboxylic acid groups (broad SMARTS) is 1. The van der Waals surface area contributed by atoms with Crippen LogP contribution in [0.3, 0.4) is 0 Å². The minimum absolute atomic E-state index is 0.135. The molecule has 6 nitrogen and oxygen atoms in total. The minimum Gasteiger partial charge on any atom is -0.481 e. The van der Waals surface area contributed by atoms with Gasteiger partial charge in [0.2, 0.25) is 5.91 Å². The Morgan fingerprint density at radius 2 is 1.65 bits per heavy atom. The highest BCUT2D eigenvalue weighted by Crippen LogP contribution is 2.20. The molecule has 0 aromatic heterocycles. The van der Waals surface area contributed by atoms with Crippen LogP contribution >= 0.6 is 0 Å². The monoisotopic (exact) mass is 358 g/mol. The molecule has 1 atom stereocenters. The van der Waals surface area contributed by atoms with Gasteiger partial charge < -0.3 is 15.7 Å². The Labute approximate surface area is 150 Å². The SMILES string of the molecule is CC(=O)Nc1ccc(C(=O)NC(CCC(=O)O)c2ccc(F)cc2)cc1. The number of carbonyl (C=O) groups excluding carboxylic acids is 2. The Balaban J connectivity index is 2.13. The smallest absolute Gasteiger partial charge is 0.303 e. The lowest BCUT2D eigenvalue weighted by Gasteiger charge is -2.19. The highest BCUT2D eigenvalue weighted by atomic mass is 19.1. The maximum absolute atomic E-state index is 13.1. The molecule has 0 aliphatic heterocycles. The third-order valence-electron chi connectivity index (χ3n) is 3.69. The van der Waals surface area contributed by atoms with E-state index in [1.807, 2.05) is 0 Å². The van der Waals surface area contributed by atoms with Gasteiger partial charge in [-0.1, -0.05) is 12.1 Å². The molecule has 3 N–H and O–H groups in total. The number of amides is 2. The van der Waals surface area contributed by atoms with Gasteiger partial charge in [-0.25, -0.2) is 4.39 Å². The topological polar surface area (TPSA) is 95.5 Å². The van der Waals surface area contributed by atoms with Gasteiger partial charge in [0.25, 0.3) is 5.91 Å². The fourth-order valence-corrected chi connectivity index (χ4v) is 2.43. The number of anilines is 1. The quantitative estimate of drug-likeness (QED) is 0.709. The summed E-state index contributed by atoms with van der Waals surface area (Å²) in [5.41, 5.74) is 1.55. The normalized spacial score (nSPS) is 11.5. The molecule has 0 saturated carbocycles. The van der Waals surface area contributed by atoms with E-state index >= 15 is 0 Å². The van der Waals surface area contributed by atoms with E-state index in [4.69, 9.17) is 5.11 Å². The second-order valence-corrected chi connectivity index (χ2v) is 5.77. The van der Waals surface area contributed by atoms with E-state index in [1.165, 1.54) is 31.2 Å². The Kier molecular flexibility index (Phi) is 6.43. The lowest BCUT2D eigenvalue weighted by Crippen LogP contribution is -2.29. The van der Waals surface area contributed by atoms with Crippen molar-refractivity contribution in [1.82, 2.24) is 5.32 Å². The fourth-order valence-electron chi connectivity index (χ4n) is 2.43. The maximum Gasteiger partial charge on any atom is 0.303 e. The first kappa shape index (κ1) is 19.1. The molecule has 0 aliphatic carbocycles. The van der Waals surface area contributed by atoms with Crippen LogP contribution in [-0.4, -0.2) is 22.9 Å². The maximum atomic E-state index is 13.1. The zero-order chi connectivity index (χ0) is 19.1. The molecule has 1 unspecified atom stereocenters. The van der Waals surface area contributed by atoms with Crippen molar-refractivity contribution in [3.05, 3.63) is 65.5 Å². The van der Waals surface area contributed by atoms with E-state index in [0.717, 1.165) is 0 Å². The molecule has 0 bridgehead atoms. The van der Waals surface area contributed by atoms with Crippen LogP contribution in [0.4, 0.5) is 10.1 Å². The number of rotatable bonds is 7. The molecule has 0 radical (unpaired) electrons. The molecule has 0 spiro atoms. The van der Waals surface area contributed by atoms with Crippen molar-refractivity contribution in [3.8, 4) is 0 Å². The average molecular weight is 358 g/mol. The highest BCUT2D eigenvalue weighted by Gasteiger charge is 2.17. The van der Waals surface area contributed by atoms with Crippen molar-refractivity contribution in [2.24, 2.45) is 0 Å². The van der Waals surface area contributed by atoms with Gasteiger partial charge in [0.1, 0.15) is 5.82 Å². The number of nitrogens with one attached hydrogen (secondary N) is 2. The Morgan fingerprint density at radius 3 is 2.19 bits per heavy atom. The second-order valence-electron chi connectivity index (χ2n) is 5.77. The number of halogens is 1. The molecule has 0 saturated heterocycles. The molecule has 7 heteroatoms. The summed E-state index contributed by atoms with van der Waals surface area (Å²) in [6.45, 7) is 1.39. The molecule has 26 heavy (non-hydrogen) atoms. The first-order valence-corrected chi connectivity index (χ1v) is 8.01. The largest absolute Gasteiger partial charge is 0.481 e. The summed E-state index contributed by atoms with van der Waals surface area (Å²) in [6.07, 6.45) is 0.0421. The van der Waals surface area contributed by atoms with E-state index in [-0.39, 0.29) is 24.7 Å². The van der Waals surface area contributed by atoms with Gasteiger partial charge in [-0.05, 0) is 48.4 Å². The van der Waals surface area contributed by atoms with Crippen LogP contribution in [0.1, 0.15) is 41.7 Å². The summed E-state index contributed by atoms with van der Waals surface area (Å²) in [5.74, 6) is -2.00. The fraction of sp³-hybridized carbons (Fsp3) is 0.211. The summed E-state index contributed by atoms with van der Waals surface area (Å²) in [4.78, 5) is 34.3. The molecule has 0 fully saturated rings. The number of carboxylic acids is 1. The summed E-state index contributed by atoms with van der Waals surface area (Å²) < 4.78 is 13.1. The summed E-state index contributed by atoms with van der Waals surface area (Å²) in [5, 5.41) is 14.3. The predicted molar refractivity (Wildman–Crippen MR) is 94.2 cm³/mol. The van der Waals surface area contributed by atoms with Crippen molar-refractivity contribution in [2.45, 2.75) is 25.8 Å². The van der Waals surface area contributed by atoms with Crippen molar-refractivity contribution in [2.75, 3.05) is 5.32 Å². The Hall–Kier alpha value is -3.22. The van der Waals surface area contributed by atoms with Crippen LogP contribution in [0.2, 0.25) is 0 Å².